The van der Waals surface area contributed by atoms with Crippen LogP contribution >= 0.6 is 0 Å². The van der Waals surface area contributed by atoms with Crippen molar-refractivity contribution >= 4 is 5.88 Å². The third-order valence-electron chi connectivity index (χ3n) is 6.23. The summed E-state index contributed by atoms with van der Waals surface area (Å²) in [5.74, 6) is 0.967. The van der Waals surface area contributed by atoms with Gasteiger partial charge in [-0.05, 0) is 62.6 Å². The van der Waals surface area contributed by atoms with E-state index in [1.165, 1.54) is 12.1 Å². The van der Waals surface area contributed by atoms with E-state index in [0.717, 1.165) is 48.6 Å². The lowest BCUT2D eigenvalue weighted by Gasteiger charge is -2.27. The van der Waals surface area contributed by atoms with Gasteiger partial charge in [0.1, 0.15) is 11.5 Å². The van der Waals surface area contributed by atoms with E-state index in [2.05, 4.69) is 42.7 Å². The largest absolute Gasteiger partial charge is 0.389 e. The van der Waals surface area contributed by atoms with Crippen LogP contribution in [0, 0.1) is 11.7 Å². The zero-order valence-corrected chi connectivity index (χ0v) is 22.0. The molecule has 0 radical (unpaired) electrons. The molecule has 196 valence electrons. The molecule has 0 fully saturated rings. The maximum Gasteiger partial charge on any atom is 0.232 e. The second kappa shape index (κ2) is 14.1. The molecule has 0 unspecified atom stereocenters. The Kier molecular flexibility index (Phi) is 10.9. The predicted molar refractivity (Wildman–Crippen MR) is 142 cm³/mol. The molecular weight excluding hydrogens is 457 g/mol. The van der Waals surface area contributed by atoms with Crippen LogP contribution in [-0.2, 0) is 17.9 Å². The van der Waals surface area contributed by atoms with E-state index in [4.69, 9.17) is 9.26 Å². The van der Waals surface area contributed by atoms with Crippen molar-refractivity contribution in [1.82, 2.24) is 10.1 Å². The molecule has 0 saturated heterocycles. The molecule has 0 aliphatic heterocycles. The number of anilines is 1. The van der Waals surface area contributed by atoms with Gasteiger partial charge >= 0.3 is 0 Å². The van der Waals surface area contributed by atoms with Crippen LogP contribution in [0.5, 0.6) is 0 Å². The van der Waals surface area contributed by atoms with E-state index in [-0.39, 0.29) is 12.4 Å². The fourth-order valence-corrected chi connectivity index (χ4v) is 4.17. The van der Waals surface area contributed by atoms with Crippen LogP contribution < -0.4 is 4.90 Å². The highest BCUT2D eigenvalue weighted by Gasteiger charge is 2.24. The highest BCUT2D eigenvalue weighted by atomic mass is 19.1. The molecule has 36 heavy (non-hydrogen) atoms. The Bertz CT molecular complexity index is 1020. The van der Waals surface area contributed by atoms with Crippen LogP contribution in [0.4, 0.5) is 10.3 Å². The van der Waals surface area contributed by atoms with E-state index >= 15 is 0 Å². The number of aliphatic hydroxyl groups excluding tert-OH is 1. The van der Waals surface area contributed by atoms with Crippen LogP contribution in [0.1, 0.15) is 45.2 Å². The van der Waals surface area contributed by atoms with Crippen LogP contribution in [0.15, 0.2) is 59.1 Å². The molecule has 0 aliphatic carbocycles. The average Bonchev–Trinajstić information content (AvgIpc) is 3.27. The first-order valence-electron chi connectivity index (χ1n) is 12.9. The van der Waals surface area contributed by atoms with Crippen molar-refractivity contribution in [1.29, 1.82) is 0 Å². The number of hydrogen-bond acceptors (Lipinski definition) is 6. The Morgan fingerprint density at radius 3 is 2.36 bits per heavy atom. The summed E-state index contributed by atoms with van der Waals surface area (Å²) < 4.78 is 25.2. The first kappa shape index (κ1) is 27.8. The molecule has 1 heterocycles. The first-order valence-corrected chi connectivity index (χ1v) is 12.9. The highest BCUT2D eigenvalue weighted by molar-refractivity contribution is 5.68. The standard InChI is InChI=1S/C29H40FN3O3/c1-5-33(6-2)29-27(28(31-36-29)24-12-14-25(30)15-13-24)19-32(17-16-22(3)4)18-26(34)21-35-20-23-10-8-7-9-11-23/h7-15,22,26,34H,5-6,16-21H2,1-4H3/t26-/m0/s1. The molecular formula is C29H40FN3O3. The molecule has 7 heteroatoms. The molecule has 2 aromatic carbocycles. The highest BCUT2D eigenvalue weighted by Crippen LogP contribution is 2.33. The molecule has 1 aromatic heterocycles. The van der Waals surface area contributed by atoms with E-state index in [1.54, 1.807) is 12.1 Å². The van der Waals surface area contributed by atoms with Crippen molar-refractivity contribution in [2.75, 3.05) is 37.7 Å². The fraction of sp³-hybridized carbons (Fsp3) is 0.483. The Hall–Kier alpha value is -2.74. The molecule has 3 rings (SSSR count). The summed E-state index contributed by atoms with van der Waals surface area (Å²) >= 11 is 0. The van der Waals surface area contributed by atoms with Crippen LogP contribution in [-0.4, -0.2) is 54.1 Å². The first-order chi connectivity index (χ1) is 17.4. The van der Waals surface area contributed by atoms with E-state index in [0.29, 0.717) is 31.3 Å². The lowest BCUT2D eigenvalue weighted by atomic mass is 10.1. The van der Waals surface area contributed by atoms with Crippen molar-refractivity contribution in [2.45, 2.75) is 53.4 Å². The van der Waals surface area contributed by atoms with Gasteiger partial charge in [0.2, 0.25) is 5.88 Å². The lowest BCUT2D eigenvalue weighted by Crippen LogP contribution is -2.36. The number of nitrogens with zero attached hydrogens (tertiary/aromatic N) is 3. The number of aromatic nitrogens is 1. The Labute approximate surface area is 214 Å². The summed E-state index contributed by atoms with van der Waals surface area (Å²) in [6.45, 7) is 12.7. The maximum atomic E-state index is 13.6. The maximum absolute atomic E-state index is 13.6. The number of rotatable bonds is 15. The van der Waals surface area contributed by atoms with Gasteiger partial charge in [0.15, 0.2) is 0 Å². The number of halogens is 1. The predicted octanol–water partition coefficient (Wildman–Crippen LogP) is 5.75. The minimum Gasteiger partial charge on any atom is -0.389 e. The van der Waals surface area contributed by atoms with Gasteiger partial charge in [0.05, 0.1) is 24.9 Å². The van der Waals surface area contributed by atoms with Gasteiger partial charge in [-0.2, -0.15) is 0 Å². The SMILES string of the molecule is CCN(CC)c1onc(-c2ccc(F)cc2)c1CN(CCC(C)C)C[C@H](O)COCc1ccccc1. The minimum atomic E-state index is -0.632. The minimum absolute atomic E-state index is 0.254. The van der Waals surface area contributed by atoms with Crippen LogP contribution in [0.2, 0.25) is 0 Å². The molecule has 1 N–H and O–H groups in total. The topological polar surface area (TPSA) is 62.0 Å². The summed E-state index contributed by atoms with van der Waals surface area (Å²) in [6, 6.07) is 16.3. The second-order valence-corrected chi connectivity index (χ2v) is 9.57. The van der Waals surface area contributed by atoms with Crippen molar-refractivity contribution in [2.24, 2.45) is 5.92 Å². The van der Waals surface area contributed by atoms with E-state index < -0.39 is 6.10 Å². The van der Waals surface area contributed by atoms with Gasteiger partial charge in [0, 0.05) is 31.7 Å². The number of aliphatic hydroxyl groups is 1. The third kappa shape index (κ3) is 8.15. The number of hydrogen-bond donors (Lipinski definition) is 1. The Morgan fingerprint density at radius 1 is 1.03 bits per heavy atom. The molecule has 0 aliphatic rings. The zero-order valence-electron chi connectivity index (χ0n) is 22.0. The summed E-state index contributed by atoms with van der Waals surface area (Å²) in [5.41, 5.74) is 3.55. The number of benzene rings is 2. The van der Waals surface area contributed by atoms with Gasteiger partial charge < -0.3 is 19.3 Å². The summed E-state index contributed by atoms with van der Waals surface area (Å²) in [6.07, 6.45) is 0.363. The molecule has 0 spiro atoms. The fourth-order valence-electron chi connectivity index (χ4n) is 4.17. The molecule has 0 saturated carbocycles. The summed E-state index contributed by atoms with van der Waals surface area (Å²) in [7, 11) is 0. The van der Waals surface area contributed by atoms with Gasteiger partial charge in [-0.15, -0.1) is 0 Å². The Balaban J connectivity index is 1.78. The summed E-state index contributed by atoms with van der Waals surface area (Å²) in [5, 5.41) is 15.2. The van der Waals surface area contributed by atoms with E-state index in [9.17, 15) is 9.50 Å². The zero-order chi connectivity index (χ0) is 25.9. The normalized spacial score (nSPS) is 12.4. The Morgan fingerprint density at radius 2 is 1.72 bits per heavy atom. The van der Waals surface area contributed by atoms with Gasteiger partial charge in [-0.25, -0.2) is 4.39 Å². The van der Waals surface area contributed by atoms with Crippen molar-refractivity contribution < 1.29 is 18.8 Å². The van der Waals surface area contributed by atoms with Crippen LogP contribution in [0.3, 0.4) is 0 Å². The average molecular weight is 498 g/mol. The smallest absolute Gasteiger partial charge is 0.232 e. The van der Waals surface area contributed by atoms with E-state index in [1.807, 2.05) is 30.3 Å². The van der Waals surface area contributed by atoms with Gasteiger partial charge in [-0.3, -0.25) is 4.90 Å². The molecule has 0 bridgehead atoms. The molecule has 3 aromatic rings. The third-order valence-corrected chi connectivity index (χ3v) is 6.23. The van der Waals surface area contributed by atoms with Crippen LogP contribution in [0.25, 0.3) is 11.3 Å². The van der Waals surface area contributed by atoms with Crippen molar-refractivity contribution in [3.63, 3.8) is 0 Å². The quantitative estimate of drug-likeness (QED) is 0.288. The molecule has 0 amide bonds. The van der Waals surface area contributed by atoms with Crippen molar-refractivity contribution in [3.05, 3.63) is 71.5 Å². The molecule has 1 atom stereocenters. The lowest BCUT2D eigenvalue weighted by molar-refractivity contribution is 0.00791. The summed E-state index contributed by atoms with van der Waals surface area (Å²) in [4.78, 5) is 4.37. The van der Waals surface area contributed by atoms with Gasteiger partial charge in [-0.1, -0.05) is 49.3 Å². The monoisotopic (exact) mass is 497 g/mol. The molecule has 6 nitrogen and oxygen atoms in total. The second-order valence-electron chi connectivity index (χ2n) is 9.57. The number of ether oxygens (including phenoxy) is 1. The van der Waals surface area contributed by atoms with Gasteiger partial charge in [0.25, 0.3) is 0 Å². The van der Waals surface area contributed by atoms with Crippen molar-refractivity contribution in [3.8, 4) is 11.3 Å².